The molecule has 0 radical (unpaired) electrons. The Morgan fingerprint density at radius 3 is 2.19 bits per heavy atom. The van der Waals surface area contributed by atoms with E-state index in [2.05, 4.69) is 83.1 Å². The van der Waals surface area contributed by atoms with Crippen LogP contribution in [0.15, 0.2) is 84.9 Å². The maximum absolute atomic E-state index is 12.4. The van der Waals surface area contributed by atoms with Gasteiger partial charge in [-0.2, -0.15) is 0 Å². The highest BCUT2D eigenvalue weighted by atomic mass is 16.2. The van der Waals surface area contributed by atoms with Crippen LogP contribution in [0.4, 0.5) is 0 Å². The molecule has 0 aliphatic rings. The summed E-state index contributed by atoms with van der Waals surface area (Å²) in [6.45, 7) is 2.59. The first-order chi connectivity index (χ1) is 15.1. The number of hydrogen-bond acceptors (Lipinski definition) is 2. The summed E-state index contributed by atoms with van der Waals surface area (Å²) < 4.78 is 0. The van der Waals surface area contributed by atoms with Gasteiger partial charge in [0.1, 0.15) is 0 Å². The first kappa shape index (κ1) is 20.9. The summed E-state index contributed by atoms with van der Waals surface area (Å²) in [4.78, 5) is 17.7. The molecule has 1 heterocycles. The second kappa shape index (κ2) is 9.19. The third kappa shape index (κ3) is 4.39. The SMILES string of the molecule is C[C@@H](NC[C@@H](c1ccccc1)c1c(-c2ccccc2)[nH]c2ccccc12)C(=O)N(C)C. The molecule has 4 rings (SSSR count). The topological polar surface area (TPSA) is 48.1 Å². The lowest BCUT2D eigenvalue weighted by Gasteiger charge is -2.24. The predicted molar refractivity (Wildman–Crippen MR) is 128 cm³/mol. The van der Waals surface area contributed by atoms with E-state index in [1.807, 2.05) is 19.1 Å². The second-order valence-corrected chi connectivity index (χ2v) is 8.15. The summed E-state index contributed by atoms with van der Waals surface area (Å²) in [7, 11) is 3.59. The molecule has 0 aliphatic heterocycles. The van der Waals surface area contributed by atoms with Crippen LogP contribution in [0.5, 0.6) is 0 Å². The molecule has 0 aliphatic carbocycles. The summed E-state index contributed by atoms with van der Waals surface area (Å²) in [6.07, 6.45) is 0. The number of amides is 1. The fourth-order valence-corrected chi connectivity index (χ4v) is 4.20. The minimum absolute atomic E-state index is 0.0778. The molecule has 3 aromatic carbocycles. The minimum Gasteiger partial charge on any atom is -0.354 e. The largest absolute Gasteiger partial charge is 0.354 e. The standard InChI is InChI=1S/C27H29N3O/c1-19(27(31)30(2)3)28-18-23(20-12-6-4-7-13-20)25-22-16-10-11-17-24(22)29-26(25)21-14-8-5-9-15-21/h4-17,19,23,28-29H,18H2,1-3H3/t19-,23+/m1/s1. The predicted octanol–water partition coefficient (Wildman–Crippen LogP) is 5.03. The van der Waals surface area contributed by atoms with E-state index in [1.54, 1.807) is 19.0 Å². The second-order valence-electron chi connectivity index (χ2n) is 8.15. The van der Waals surface area contributed by atoms with Gasteiger partial charge in [0.2, 0.25) is 5.91 Å². The Hall–Kier alpha value is -3.37. The highest BCUT2D eigenvalue weighted by molar-refractivity contribution is 5.92. The number of fused-ring (bicyclic) bond motifs is 1. The molecular formula is C27H29N3O. The lowest BCUT2D eigenvalue weighted by Crippen LogP contribution is -2.43. The summed E-state index contributed by atoms with van der Waals surface area (Å²) in [6, 6.07) is 29.2. The van der Waals surface area contributed by atoms with Gasteiger partial charge in [-0.25, -0.2) is 0 Å². The van der Waals surface area contributed by atoms with Gasteiger partial charge >= 0.3 is 0 Å². The molecule has 2 N–H and O–H groups in total. The van der Waals surface area contributed by atoms with Gasteiger partial charge in [0.25, 0.3) is 0 Å². The highest BCUT2D eigenvalue weighted by Gasteiger charge is 2.25. The van der Waals surface area contributed by atoms with Crippen molar-refractivity contribution in [1.29, 1.82) is 0 Å². The van der Waals surface area contributed by atoms with Crippen LogP contribution in [0.25, 0.3) is 22.2 Å². The zero-order chi connectivity index (χ0) is 21.8. The molecule has 31 heavy (non-hydrogen) atoms. The Kier molecular flexibility index (Phi) is 6.19. The van der Waals surface area contributed by atoms with Crippen LogP contribution in [-0.2, 0) is 4.79 Å². The average molecular weight is 412 g/mol. The van der Waals surface area contributed by atoms with Crippen molar-refractivity contribution < 1.29 is 4.79 Å². The fourth-order valence-electron chi connectivity index (χ4n) is 4.20. The zero-order valence-electron chi connectivity index (χ0n) is 18.3. The maximum atomic E-state index is 12.4. The number of nitrogens with zero attached hydrogens (tertiary/aromatic N) is 1. The third-order valence-electron chi connectivity index (χ3n) is 5.80. The van der Waals surface area contributed by atoms with Crippen molar-refractivity contribution in [3.63, 3.8) is 0 Å². The Morgan fingerprint density at radius 1 is 0.903 bits per heavy atom. The van der Waals surface area contributed by atoms with E-state index in [-0.39, 0.29) is 17.9 Å². The van der Waals surface area contributed by atoms with Gasteiger partial charge in [-0.15, -0.1) is 0 Å². The lowest BCUT2D eigenvalue weighted by molar-refractivity contribution is -0.130. The lowest BCUT2D eigenvalue weighted by atomic mass is 9.87. The van der Waals surface area contributed by atoms with Crippen molar-refractivity contribution in [2.45, 2.75) is 18.9 Å². The average Bonchev–Trinajstić information content (AvgIpc) is 3.19. The van der Waals surface area contributed by atoms with Crippen LogP contribution >= 0.6 is 0 Å². The number of likely N-dealkylation sites (N-methyl/N-ethyl adjacent to an activating group) is 1. The number of rotatable bonds is 7. The number of H-pyrrole nitrogens is 1. The molecule has 0 fully saturated rings. The van der Waals surface area contributed by atoms with Crippen molar-refractivity contribution in [2.24, 2.45) is 0 Å². The first-order valence-electron chi connectivity index (χ1n) is 10.7. The number of aromatic nitrogens is 1. The molecule has 4 heteroatoms. The summed E-state index contributed by atoms with van der Waals surface area (Å²) >= 11 is 0. The van der Waals surface area contributed by atoms with Crippen molar-refractivity contribution in [3.05, 3.63) is 96.1 Å². The number of benzene rings is 3. The molecule has 158 valence electrons. The van der Waals surface area contributed by atoms with Gasteiger partial charge in [0.05, 0.1) is 11.7 Å². The van der Waals surface area contributed by atoms with Crippen molar-refractivity contribution in [1.82, 2.24) is 15.2 Å². The smallest absolute Gasteiger partial charge is 0.238 e. The Balaban J connectivity index is 1.82. The van der Waals surface area contributed by atoms with Crippen molar-refractivity contribution >= 4 is 16.8 Å². The van der Waals surface area contributed by atoms with E-state index in [1.165, 1.54) is 16.5 Å². The highest BCUT2D eigenvalue weighted by Crippen LogP contribution is 2.38. The molecule has 0 spiro atoms. The Bertz CT molecular complexity index is 1150. The van der Waals surface area contributed by atoms with Gasteiger partial charge in [0.15, 0.2) is 0 Å². The molecule has 0 unspecified atom stereocenters. The van der Waals surface area contributed by atoms with Crippen LogP contribution in [0.3, 0.4) is 0 Å². The number of nitrogens with one attached hydrogen (secondary N) is 2. The van der Waals surface area contributed by atoms with E-state index in [0.29, 0.717) is 6.54 Å². The van der Waals surface area contributed by atoms with Crippen LogP contribution in [-0.4, -0.2) is 42.5 Å². The minimum atomic E-state index is -0.258. The molecule has 4 nitrogen and oxygen atoms in total. The fraction of sp³-hybridized carbons (Fsp3) is 0.222. The molecule has 0 saturated heterocycles. The van der Waals surface area contributed by atoms with Crippen LogP contribution in [0.2, 0.25) is 0 Å². The molecular weight excluding hydrogens is 382 g/mol. The third-order valence-corrected chi connectivity index (χ3v) is 5.80. The molecule has 0 bridgehead atoms. The van der Waals surface area contributed by atoms with Crippen LogP contribution in [0, 0.1) is 0 Å². The zero-order valence-corrected chi connectivity index (χ0v) is 18.3. The van der Waals surface area contributed by atoms with E-state index in [4.69, 9.17) is 0 Å². The monoisotopic (exact) mass is 411 g/mol. The number of carbonyl (C=O) groups is 1. The Morgan fingerprint density at radius 2 is 1.52 bits per heavy atom. The van der Waals surface area contributed by atoms with Crippen molar-refractivity contribution in [3.8, 4) is 11.3 Å². The number of para-hydroxylation sites is 1. The van der Waals surface area contributed by atoms with E-state index in [9.17, 15) is 4.79 Å². The van der Waals surface area contributed by atoms with Gasteiger partial charge in [-0.05, 0) is 29.7 Å². The Labute approximate surface area is 183 Å². The van der Waals surface area contributed by atoms with Crippen molar-refractivity contribution in [2.75, 3.05) is 20.6 Å². The molecule has 0 saturated carbocycles. The summed E-state index contributed by atoms with van der Waals surface area (Å²) in [5.41, 5.74) is 5.89. The number of carbonyl (C=O) groups excluding carboxylic acids is 1. The molecule has 4 aromatic rings. The van der Waals surface area contributed by atoms with E-state index < -0.39 is 0 Å². The number of hydrogen-bond donors (Lipinski definition) is 2. The molecule has 2 atom stereocenters. The van der Waals surface area contributed by atoms with Crippen LogP contribution < -0.4 is 5.32 Å². The molecule has 1 amide bonds. The molecule has 1 aromatic heterocycles. The van der Waals surface area contributed by atoms with Gasteiger partial charge in [-0.3, -0.25) is 4.79 Å². The summed E-state index contributed by atoms with van der Waals surface area (Å²) in [5.74, 6) is 0.166. The number of aromatic amines is 1. The normalized spacial score (nSPS) is 13.1. The maximum Gasteiger partial charge on any atom is 0.238 e. The van der Waals surface area contributed by atoms with E-state index in [0.717, 1.165) is 16.8 Å². The quantitative estimate of drug-likeness (QED) is 0.448. The van der Waals surface area contributed by atoms with Crippen LogP contribution in [0.1, 0.15) is 24.0 Å². The van der Waals surface area contributed by atoms with Gasteiger partial charge in [-0.1, -0.05) is 78.9 Å². The first-order valence-corrected chi connectivity index (χ1v) is 10.7. The summed E-state index contributed by atoms with van der Waals surface area (Å²) in [5, 5.41) is 4.70. The van der Waals surface area contributed by atoms with E-state index >= 15 is 0 Å². The van der Waals surface area contributed by atoms with Gasteiger partial charge in [0, 0.05) is 37.5 Å². The van der Waals surface area contributed by atoms with Gasteiger partial charge < -0.3 is 15.2 Å².